The molecule has 0 saturated heterocycles. The van der Waals surface area contributed by atoms with Crippen LogP contribution in [0.15, 0.2) is 48.7 Å². The highest BCUT2D eigenvalue weighted by Crippen LogP contribution is 2.28. The van der Waals surface area contributed by atoms with Crippen molar-refractivity contribution in [3.8, 4) is 0 Å². The van der Waals surface area contributed by atoms with E-state index in [0.29, 0.717) is 0 Å². The second kappa shape index (κ2) is 5.11. The van der Waals surface area contributed by atoms with Gasteiger partial charge < -0.3 is 5.73 Å². The molecule has 0 amide bonds. The molecule has 0 radical (unpaired) electrons. The van der Waals surface area contributed by atoms with Crippen molar-refractivity contribution < 1.29 is 0 Å². The lowest BCUT2D eigenvalue weighted by Crippen LogP contribution is -2.10. The van der Waals surface area contributed by atoms with Crippen LogP contribution in [-0.4, -0.2) is 4.98 Å². The lowest BCUT2D eigenvalue weighted by Gasteiger charge is -2.10. The van der Waals surface area contributed by atoms with Gasteiger partial charge in [0, 0.05) is 21.3 Å². The molecule has 0 aliphatic carbocycles. The maximum Gasteiger partial charge on any atom is 0.0705 e. The Bertz CT molecular complexity index is 703. The fourth-order valence-corrected chi connectivity index (χ4v) is 3.18. The van der Waals surface area contributed by atoms with Gasteiger partial charge in [0.05, 0.1) is 11.6 Å². The summed E-state index contributed by atoms with van der Waals surface area (Å²) >= 11 is 1.80. The van der Waals surface area contributed by atoms with Gasteiger partial charge in [-0.2, -0.15) is 0 Å². The van der Waals surface area contributed by atoms with Crippen LogP contribution in [0.5, 0.6) is 0 Å². The van der Waals surface area contributed by atoms with E-state index in [1.807, 2.05) is 12.3 Å². The van der Waals surface area contributed by atoms with E-state index in [2.05, 4.69) is 48.3 Å². The predicted octanol–water partition coefficient (Wildman–Crippen LogP) is 3.91. The van der Waals surface area contributed by atoms with E-state index in [1.54, 1.807) is 11.3 Å². The minimum Gasteiger partial charge on any atom is -0.320 e. The highest BCUT2D eigenvalue weighted by molar-refractivity contribution is 7.12. The fraction of sp³-hybridized carbons (Fsp3) is 0.188. The molecule has 0 aliphatic rings. The molecular weight excluding hydrogens is 252 g/mol. The molecule has 0 saturated carbocycles. The number of aryl methyl sites for hydroxylation is 1. The summed E-state index contributed by atoms with van der Waals surface area (Å²) < 4.78 is 0. The lowest BCUT2D eigenvalue weighted by atomic mass is 10.0. The van der Waals surface area contributed by atoms with Gasteiger partial charge in [-0.1, -0.05) is 25.1 Å². The van der Waals surface area contributed by atoms with Crippen molar-refractivity contribution in [3.05, 3.63) is 64.0 Å². The number of nitrogens with two attached hydrogens (primary N) is 1. The standard InChI is InChI=1S/C16H16N2S/c1-2-13-7-8-15(19-13)16(17)12-6-5-11-4-3-9-18-14(11)10-12/h3-10,16H,2,17H2,1H3. The van der Waals surface area contributed by atoms with E-state index in [0.717, 1.165) is 22.9 Å². The first-order chi connectivity index (χ1) is 9.28. The smallest absolute Gasteiger partial charge is 0.0705 e. The van der Waals surface area contributed by atoms with Crippen LogP contribution in [0, 0.1) is 0 Å². The first kappa shape index (κ1) is 12.3. The third-order valence-electron chi connectivity index (χ3n) is 3.33. The number of hydrogen-bond acceptors (Lipinski definition) is 3. The van der Waals surface area contributed by atoms with Gasteiger partial charge in [0.2, 0.25) is 0 Å². The molecule has 1 atom stereocenters. The maximum atomic E-state index is 6.36. The third-order valence-corrected chi connectivity index (χ3v) is 4.64. The number of nitrogens with zero attached hydrogens (tertiary/aromatic N) is 1. The third kappa shape index (κ3) is 2.39. The van der Waals surface area contributed by atoms with Crippen LogP contribution in [0.3, 0.4) is 0 Å². The molecule has 1 unspecified atom stereocenters. The van der Waals surface area contributed by atoms with Crippen LogP contribution in [0.25, 0.3) is 10.9 Å². The van der Waals surface area contributed by atoms with E-state index in [-0.39, 0.29) is 6.04 Å². The molecule has 2 aromatic heterocycles. The second-order valence-corrected chi connectivity index (χ2v) is 5.79. The molecule has 0 spiro atoms. The van der Waals surface area contributed by atoms with E-state index in [1.165, 1.54) is 9.75 Å². The van der Waals surface area contributed by atoms with Gasteiger partial charge >= 0.3 is 0 Å². The van der Waals surface area contributed by atoms with Gasteiger partial charge in [0.15, 0.2) is 0 Å². The van der Waals surface area contributed by atoms with Crippen LogP contribution in [-0.2, 0) is 6.42 Å². The van der Waals surface area contributed by atoms with Gasteiger partial charge in [0.1, 0.15) is 0 Å². The first-order valence-electron chi connectivity index (χ1n) is 6.47. The van der Waals surface area contributed by atoms with E-state index < -0.39 is 0 Å². The number of aromatic nitrogens is 1. The molecule has 19 heavy (non-hydrogen) atoms. The Morgan fingerprint density at radius 1 is 1.21 bits per heavy atom. The first-order valence-corrected chi connectivity index (χ1v) is 7.28. The molecule has 0 bridgehead atoms. The normalized spacial score (nSPS) is 12.7. The van der Waals surface area contributed by atoms with Gasteiger partial charge in [-0.05, 0) is 36.2 Å². The summed E-state index contributed by atoms with van der Waals surface area (Å²) in [6, 6.07) is 14.5. The summed E-state index contributed by atoms with van der Waals surface area (Å²) in [4.78, 5) is 6.98. The summed E-state index contributed by atoms with van der Waals surface area (Å²) in [5.74, 6) is 0. The highest BCUT2D eigenvalue weighted by atomic mass is 32.1. The molecule has 0 aliphatic heterocycles. The molecule has 2 nitrogen and oxygen atoms in total. The summed E-state index contributed by atoms with van der Waals surface area (Å²) in [6.07, 6.45) is 2.88. The fourth-order valence-electron chi connectivity index (χ4n) is 2.19. The van der Waals surface area contributed by atoms with E-state index in [4.69, 9.17) is 5.73 Å². The Labute approximate surface area is 116 Å². The lowest BCUT2D eigenvalue weighted by molar-refractivity contribution is 0.895. The minimum absolute atomic E-state index is 0.0586. The Morgan fingerprint density at radius 3 is 2.89 bits per heavy atom. The Kier molecular flexibility index (Phi) is 3.32. The van der Waals surface area contributed by atoms with Gasteiger partial charge in [0.25, 0.3) is 0 Å². The number of thiophene rings is 1. The van der Waals surface area contributed by atoms with Crippen molar-refractivity contribution in [2.75, 3.05) is 0 Å². The van der Waals surface area contributed by atoms with Crippen LogP contribution in [0.1, 0.15) is 28.3 Å². The molecular formula is C16H16N2S. The molecule has 3 heteroatoms. The zero-order chi connectivity index (χ0) is 13.2. The zero-order valence-corrected chi connectivity index (χ0v) is 11.7. The van der Waals surface area contributed by atoms with Crippen LogP contribution in [0.2, 0.25) is 0 Å². The van der Waals surface area contributed by atoms with Crippen molar-refractivity contribution in [3.63, 3.8) is 0 Å². The summed E-state index contributed by atoms with van der Waals surface area (Å²) in [5, 5.41) is 1.15. The average Bonchev–Trinajstić information content (AvgIpc) is 2.95. The van der Waals surface area contributed by atoms with Gasteiger partial charge in [-0.15, -0.1) is 11.3 Å². The summed E-state index contributed by atoms with van der Waals surface area (Å²) in [6.45, 7) is 2.17. The van der Waals surface area contributed by atoms with Crippen LogP contribution >= 0.6 is 11.3 Å². The number of benzene rings is 1. The Morgan fingerprint density at radius 2 is 2.11 bits per heavy atom. The summed E-state index contributed by atoms with van der Waals surface area (Å²) in [5.41, 5.74) is 8.48. The quantitative estimate of drug-likeness (QED) is 0.782. The maximum absolute atomic E-state index is 6.36. The largest absolute Gasteiger partial charge is 0.320 e. The minimum atomic E-state index is -0.0586. The number of fused-ring (bicyclic) bond motifs is 1. The van der Waals surface area contributed by atoms with Crippen molar-refractivity contribution in [1.82, 2.24) is 4.98 Å². The van der Waals surface area contributed by atoms with Gasteiger partial charge in [-0.25, -0.2) is 0 Å². The van der Waals surface area contributed by atoms with Crippen molar-refractivity contribution in [2.45, 2.75) is 19.4 Å². The monoisotopic (exact) mass is 268 g/mol. The topological polar surface area (TPSA) is 38.9 Å². The Hall–Kier alpha value is -1.71. The SMILES string of the molecule is CCc1ccc(C(N)c2ccc3cccnc3c2)s1. The number of pyridine rings is 1. The van der Waals surface area contributed by atoms with E-state index >= 15 is 0 Å². The van der Waals surface area contributed by atoms with Crippen molar-refractivity contribution in [2.24, 2.45) is 5.73 Å². The van der Waals surface area contributed by atoms with E-state index in [9.17, 15) is 0 Å². The Balaban J connectivity index is 1.98. The average molecular weight is 268 g/mol. The number of rotatable bonds is 3. The molecule has 3 rings (SSSR count). The van der Waals surface area contributed by atoms with Crippen LogP contribution < -0.4 is 5.73 Å². The second-order valence-electron chi connectivity index (χ2n) is 4.59. The van der Waals surface area contributed by atoms with Crippen molar-refractivity contribution >= 4 is 22.2 Å². The number of hydrogen-bond donors (Lipinski definition) is 1. The zero-order valence-electron chi connectivity index (χ0n) is 10.8. The molecule has 96 valence electrons. The van der Waals surface area contributed by atoms with Gasteiger partial charge in [-0.3, -0.25) is 4.98 Å². The molecule has 2 N–H and O–H groups in total. The van der Waals surface area contributed by atoms with Crippen molar-refractivity contribution in [1.29, 1.82) is 0 Å². The molecule has 3 aromatic rings. The molecule has 2 heterocycles. The van der Waals surface area contributed by atoms with Crippen LogP contribution in [0.4, 0.5) is 0 Å². The summed E-state index contributed by atoms with van der Waals surface area (Å²) in [7, 11) is 0. The predicted molar refractivity (Wildman–Crippen MR) is 81.5 cm³/mol. The molecule has 1 aromatic carbocycles. The highest BCUT2D eigenvalue weighted by Gasteiger charge is 2.12. The molecule has 0 fully saturated rings.